The first-order valence-corrected chi connectivity index (χ1v) is 5.11. The summed E-state index contributed by atoms with van der Waals surface area (Å²) in [6.45, 7) is 7.33. The molecule has 0 heterocycles. The molecule has 62 valence electrons. The molecule has 3 aliphatic carbocycles. The summed E-state index contributed by atoms with van der Waals surface area (Å²) in [5.74, 6) is 3.19. The van der Waals surface area contributed by atoms with Crippen LogP contribution in [0.5, 0.6) is 0 Å². The lowest BCUT2D eigenvalue weighted by atomic mass is 9.65. The Kier molecular flexibility index (Phi) is 0.832. The fourth-order valence-electron chi connectivity index (χ4n) is 3.90. The maximum Gasteiger partial charge on any atom is -0.0230 e. The zero-order valence-electron chi connectivity index (χ0n) is 7.85. The van der Waals surface area contributed by atoms with Gasteiger partial charge in [-0.2, -0.15) is 0 Å². The second kappa shape index (κ2) is 1.41. The van der Waals surface area contributed by atoms with Crippen LogP contribution in [0.4, 0.5) is 0 Å². The first-order valence-electron chi connectivity index (χ1n) is 5.11. The summed E-state index contributed by atoms with van der Waals surface area (Å²) < 4.78 is 0. The first kappa shape index (κ1) is 6.51. The minimum Gasteiger partial charge on any atom is -0.0620 e. The molecule has 0 heteroatoms. The maximum atomic E-state index is 2.45. The Morgan fingerprint density at radius 2 is 1.45 bits per heavy atom. The minimum absolute atomic E-state index is 0.866. The molecule has 0 saturated heterocycles. The van der Waals surface area contributed by atoms with Gasteiger partial charge in [-0.3, -0.25) is 0 Å². The van der Waals surface area contributed by atoms with Crippen molar-refractivity contribution < 1.29 is 0 Å². The van der Waals surface area contributed by atoms with E-state index in [1.54, 1.807) is 19.3 Å². The highest BCUT2D eigenvalue weighted by Gasteiger charge is 2.75. The maximum absolute atomic E-state index is 2.45. The fourth-order valence-corrected chi connectivity index (χ4v) is 3.90. The quantitative estimate of drug-likeness (QED) is 0.498. The van der Waals surface area contributed by atoms with Gasteiger partial charge in [0.05, 0.1) is 0 Å². The molecule has 3 atom stereocenters. The largest absolute Gasteiger partial charge is 0.0620 e. The topological polar surface area (TPSA) is 0 Å². The Balaban J connectivity index is 1.74. The van der Waals surface area contributed by atoms with E-state index in [0.29, 0.717) is 0 Å². The van der Waals surface area contributed by atoms with Crippen molar-refractivity contribution in [2.75, 3.05) is 0 Å². The van der Waals surface area contributed by atoms with E-state index in [1.807, 2.05) is 0 Å². The van der Waals surface area contributed by atoms with Crippen LogP contribution in [0.25, 0.3) is 0 Å². The van der Waals surface area contributed by atoms with Gasteiger partial charge in [0, 0.05) is 0 Å². The Morgan fingerprint density at radius 3 is 1.73 bits per heavy atom. The Morgan fingerprint density at radius 1 is 1.00 bits per heavy atom. The zero-order valence-corrected chi connectivity index (χ0v) is 7.85. The van der Waals surface area contributed by atoms with E-state index in [0.717, 1.165) is 28.6 Å². The molecule has 0 aromatic rings. The Hall–Kier alpha value is 0. The molecule has 0 nitrogen and oxygen atoms in total. The summed E-state index contributed by atoms with van der Waals surface area (Å²) in [5.41, 5.74) is 1.75. The summed E-state index contributed by atoms with van der Waals surface area (Å²) in [4.78, 5) is 0. The molecule has 0 bridgehead atoms. The minimum atomic E-state index is 0.866. The lowest BCUT2D eigenvalue weighted by Gasteiger charge is -2.39. The van der Waals surface area contributed by atoms with Crippen LogP contribution in [-0.4, -0.2) is 0 Å². The average molecular weight is 150 g/mol. The summed E-state index contributed by atoms with van der Waals surface area (Å²) >= 11 is 0. The van der Waals surface area contributed by atoms with Crippen molar-refractivity contribution in [3.63, 3.8) is 0 Å². The number of hydrogen-bond donors (Lipinski definition) is 0. The zero-order chi connectivity index (χ0) is 7.85. The van der Waals surface area contributed by atoms with E-state index in [9.17, 15) is 0 Å². The van der Waals surface area contributed by atoms with Gasteiger partial charge in [0.15, 0.2) is 0 Å². The van der Waals surface area contributed by atoms with E-state index in [1.165, 1.54) is 0 Å². The Labute approximate surface area is 69.4 Å². The standard InChI is InChI=1S/C11H18/c1-7-4-10(7)5-11(6-10)8(2)9(11)3/h7-9H,4-6H2,1-3H3. The van der Waals surface area contributed by atoms with Crippen molar-refractivity contribution in [3.8, 4) is 0 Å². The van der Waals surface area contributed by atoms with Crippen LogP contribution in [0.1, 0.15) is 40.0 Å². The van der Waals surface area contributed by atoms with Crippen LogP contribution in [0, 0.1) is 28.6 Å². The molecule has 0 aromatic heterocycles. The molecule has 3 fully saturated rings. The molecule has 0 amide bonds. The molecule has 0 radical (unpaired) electrons. The molecular formula is C11H18. The van der Waals surface area contributed by atoms with Gasteiger partial charge in [0.25, 0.3) is 0 Å². The van der Waals surface area contributed by atoms with Crippen LogP contribution in [0.3, 0.4) is 0 Å². The van der Waals surface area contributed by atoms with E-state index in [4.69, 9.17) is 0 Å². The van der Waals surface area contributed by atoms with Crippen molar-refractivity contribution in [1.82, 2.24) is 0 Å². The van der Waals surface area contributed by atoms with Gasteiger partial charge in [-0.1, -0.05) is 20.8 Å². The Bertz CT molecular complexity index is 200. The highest BCUT2D eigenvalue weighted by atomic mass is 14.8. The highest BCUT2D eigenvalue weighted by Crippen LogP contribution is 2.83. The third kappa shape index (κ3) is 0.522. The molecular weight excluding hydrogens is 132 g/mol. The van der Waals surface area contributed by atoms with E-state index >= 15 is 0 Å². The monoisotopic (exact) mass is 150 g/mol. The molecule has 3 saturated carbocycles. The first-order chi connectivity index (χ1) is 5.11. The fraction of sp³-hybridized carbons (Fsp3) is 1.00. The number of hydrogen-bond acceptors (Lipinski definition) is 0. The molecule has 3 rings (SSSR count). The molecule has 0 aliphatic heterocycles. The normalized spacial score (nSPS) is 71.7. The van der Waals surface area contributed by atoms with Crippen molar-refractivity contribution in [2.45, 2.75) is 40.0 Å². The third-order valence-electron chi connectivity index (χ3n) is 5.41. The van der Waals surface area contributed by atoms with Gasteiger partial charge in [-0.15, -0.1) is 0 Å². The smallest absolute Gasteiger partial charge is 0.0230 e. The van der Waals surface area contributed by atoms with Crippen molar-refractivity contribution in [1.29, 1.82) is 0 Å². The SMILES string of the molecule is CC1CC12CC1(C2)C(C)C1C. The lowest BCUT2D eigenvalue weighted by molar-refractivity contribution is 0.103. The average Bonchev–Trinajstić information content (AvgIpc) is 2.66. The van der Waals surface area contributed by atoms with Crippen LogP contribution >= 0.6 is 0 Å². The van der Waals surface area contributed by atoms with Crippen LogP contribution in [0.15, 0.2) is 0 Å². The van der Waals surface area contributed by atoms with Gasteiger partial charge >= 0.3 is 0 Å². The molecule has 11 heavy (non-hydrogen) atoms. The predicted octanol–water partition coefficient (Wildman–Crippen LogP) is 3.08. The second-order valence-corrected chi connectivity index (χ2v) is 5.63. The predicted molar refractivity (Wildman–Crippen MR) is 46.2 cm³/mol. The highest BCUT2D eigenvalue weighted by molar-refractivity contribution is 5.24. The third-order valence-corrected chi connectivity index (χ3v) is 5.41. The second-order valence-electron chi connectivity index (χ2n) is 5.63. The van der Waals surface area contributed by atoms with Gasteiger partial charge in [-0.25, -0.2) is 0 Å². The molecule has 3 unspecified atom stereocenters. The van der Waals surface area contributed by atoms with Gasteiger partial charge in [0.2, 0.25) is 0 Å². The van der Waals surface area contributed by atoms with Gasteiger partial charge < -0.3 is 0 Å². The van der Waals surface area contributed by atoms with E-state index in [2.05, 4.69) is 20.8 Å². The molecule has 0 aromatic carbocycles. The van der Waals surface area contributed by atoms with Crippen LogP contribution in [0.2, 0.25) is 0 Å². The summed E-state index contributed by atoms with van der Waals surface area (Å²) in [5, 5.41) is 0. The van der Waals surface area contributed by atoms with Crippen LogP contribution < -0.4 is 0 Å². The number of rotatable bonds is 0. The summed E-state index contributed by atoms with van der Waals surface area (Å²) in [6.07, 6.45) is 4.72. The molecule has 3 aliphatic rings. The van der Waals surface area contributed by atoms with Crippen LogP contribution in [-0.2, 0) is 0 Å². The van der Waals surface area contributed by atoms with Crippen molar-refractivity contribution in [3.05, 3.63) is 0 Å². The van der Waals surface area contributed by atoms with E-state index in [-0.39, 0.29) is 0 Å². The summed E-state index contributed by atoms with van der Waals surface area (Å²) in [6, 6.07) is 0. The molecule has 2 spiro atoms. The lowest BCUT2D eigenvalue weighted by Crippen LogP contribution is -2.30. The summed E-state index contributed by atoms with van der Waals surface area (Å²) in [7, 11) is 0. The van der Waals surface area contributed by atoms with E-state index < -0.39 is 0 Å². The van der Waals surface area contributed by atoms with Crippen molar-refractivity contribution >= 4 is 0 Å². The van der Waals surface area contributed by atoms with Gasteiger partial charge in [-0.05, 0) is 47.8 Å². The van der Waals surface area contributed by atoms with Crippen molar-refractivity contribution in [2.24, 2.45) is 28.6 Å². The van der Waals surface area contributed by atoms with Gasteiger partial charge in [0.1, 0.15) is 0 Å². The molecule has 0 N–H and O–H groups in total.